The van der Waals surface area contributed by atoms with Gasteiger partial charge in [0.2, 0.25) is 0 Å². The summed E-state index contributed by atoms with van der Waals surface area (Å²) in [5.74, 6) is -1.01. The number of carbonyl (C=O) groups is 1. The van der Waals surface area contributed by atoms with E-state index in [1.54, 1.807) is 6.92 Å². The van der Waals surface area contributed by atoms with E-state index in [1.807, 2.05) is 31.2 Å². The molecular formula is C16H22Cl3N3O2. The number of hydrogen-bond acceptors (Lipinski definition) is 4. The molecule has 1 aromatic heterocycles. The Bertz CT molecular complexity index is 692. The maximum atomic E-state index is 11.6. The molecule has 0 spiro atoms. The number of nitrogens with two attached hydrogens (primary N) is 2. The molecule has 1 heterocycles. The van der Waals surface area contributed by atoms with Gasteiger partial charge in [0.15, 0.2) is 0 Å². The first-order valence-corrected chi connectivity index (χ1v) is 6.72. The second kappa shape index (κ2) is 10.5. The quantitative estimate of drug-likeness (QED) is 0.738. The summed E-state index contributed by atoms with van der Waals surface area (Å²) in [6, 6.07) is 7.68. The van der Waals surface area contributed by atoms with E-state index in [1.165, 1.54) is 0 Å². The number of benzene rings is 1. The van der Waals surface area contributed by atoms with Crippen molar-refractivity contribution in [1.29, 1.82) is 0 Å². The fourth-order valence-electron chi connectivity index (χ4n) is 2.49. The van der Waals surface area contributed by atoms with Gasteiger partial charge in [-0.1, -0.05) is 29.8 Å². The van der Waals surface area contributed by atoms with Crippen molar-refractivity contribution in [3.8, 4) is 11.1 Å². The summed E-state index contributed by atoms with van der Waals surface area (Å²) >= 11 is 0. The van der Waals surface area contributed by atoms with Crippen LogP contribution < -0.4 is 11.5 Å². The van der Waals surface area contributed by atoms with Crippen LogP contribution in [0.4, 0.5) is 0 Å². The number of aryl methyl sites for hydroxylation is 2. The molecule has 0 saturated heterocycles. The van der Waals surface area contributed by atoms with Gasteiger partial charge in [0, 0.05) is 18.7 Å². The minimum Gasteiger partial charge on any atom is -0.478 e. The van der Waals surface area contributed by atoms with Crippen LogP contribution in [0.3, 0.4) is 0 Å². The Balaban J connectivity index is 0. The number of rotatable bonds is 4. The molecule has 0 fully saturated rings. The highest BCUT2D eigenvalue weighted by Gasteiger charge is 2.22. The third kappa shape index (κ3) is 4.82. The highest BCUT2D eigenvalue weighted by Crippen LogP contribution is 2.31. The van der Waals surface area contributed by atoms with Crippen molar-refractivity contribution in [2.45, 2.75) is 26.9 Å². The molecule has 0 atom stereocenters. The van der Waals surface area contributed by atoms with Gasteiger partial charge in [-0.2, -0.15) is 0 Å². The van der Waals surface area contributed by atoms with E-state index in [-0.39, 0.29) is 55.9 Å². The number of carboxylic acid groups (broad SMARTS) is 1. The molecule has 0 bridgehead atoms. The van der Waals surface area contributed by atoms with Gasteiger partial charge < -0.3 is 16.6 Å². The minimum absolute atomic E-state index is 0. The number of nitrogens with zero attached hydrogens (tertiary/aromatic N) is 1. The van der Waals surface area contributed by atoms with Gasteiger partial charge in [-0.25, -0.2) is 4.79 Å². The monoisotopic (exact) mass is 393 g/mol. The van der Waals surface area contributed by atoms with Gasteiger partial charge in [0.25, 0.3) is 0 Å². The normalized spacial score (nSPS) is 9.33. The predicted molar refractivity (Wildman–Crippen MR) is 104 cm³/mol. The molecule has 0 aliphatic heterocycles. The van der Waals surface area contributed by atoms with E-state index in [0.29, 0.717) is 22.5 Å². The first kappa shape index (κ1) is 24.9. The van der Waals surface area contributed by atoms with Crippen molar-refractivity contribution >= 4 is 43.2 Å². The molecule has 0 unspecified atom stereocenters. The lowest BCUT2D eigenvalue weighted by Crippen LogP contribution is -2.16. The number of aromatic nitrogens is 1. The number of carboxylic acids is 1. The topological polar surface area (TPSA) is 102 Å². The molecule has 5 nitrogen and oxygen atoms in total. The van der Waals surface area contributed by atoms with E-state index >= 15 is 0 Å². The average Bonchev–Trinajstić information content (AvgIpc) is 2.46. The zero-order valence-electron chi connectivity index (χ0n) is 13.4. The van der Waals surface area contributed by atoms with Crippen LogP contribution in [0.5, 0.6) is 0 Å². The van der Waals surface area contributed by atoms with Gasteiger partial charge in [-0.15, -0.1) is 37.2 Å². The van der Waals surface area contributed by atoms with Gasteiger partial charge in [0.1, 0.15) is 0 Å². The van der Waals surface area contributed by atoms with Crippen LogP contribution in [0, 0.1) is 13.8 Å². The zero-order chi connectivity index (χ0) is 15.6. The molecule has 134 valence electrons. The fourth-order valence-corrected chi connectivity index (χ4v) is 2.49. The molecule has 0 radical (unpaired) electrons. The lowest BCUT2D eigenvalue weighted by molar-refractivity contribution is 0.0696. The largest absolute Gasteiger partial charge is 0.478 e. The zero-order valence-corrected chi connectivity index (χ0v) is 15.9. The Labute approximate surface area is 160 Å². The Morgan fingerprint density at radius 1 is 1.04 bits per heavy atom. The summed E-state index contributed by atoms with van der Waals surface area (Å²) in [5, 5.41) is 9.53. The van der Waals surface area contributed by atoms with Crippen LogP contribution in [0.25, 0.3) is 11.1 Å². The first-order valence-electron chi connectivity index (χ1n) is 6.72. The predicted octanol–water partition coefficient (Wildman–Crippen LogP) is 3.25. The Kier molecular flexibility index (Phi) is 10.9. The summed E-state index contributed by atoms with van der Waals surface area (Å²) in [6.07, 6.45) is 0. The van der Waals surface area contributed by atoms with Crippen LogP contribution in [-0.2, 0) is 13.1 Å². The van der Waals surface area contributed by atoms with Crippen molar-refractivity contribution < 1.29 is 9.90 Å². The van der Waals surface area contributed by atoms with E-state index < -0.39 is 5.97 Å². The third-order valence-electron chi connectivity index (χ3n) is 3.52. The third-order valence-corrected chi connectivity index (χ3v) is 3.52. The number of aromatic carboxylic acids is 1. The molecule has 5 N–H and O–H groups in total. The van der Waals surface area contributed by atoms with Crippen molar-refractivity contribution in [2.24, 2.45) is 11.5 Å². The van der Waals surface area contributed by atoms with Crippen molar-refractivity contribution in [3.63, 3.8) is 0 Å². The van der Waals surface area contributed by atoms with Crippen LogP contribution in [-0.4, -0.2) is 16.1 Å². The molecule has 0 aliphatic rings. The van der Waals surface area contributed by atoms with E-state index in [4.69, 9.17) is 11.5 Å². The lowest BCUT2D eigenvalue weighted by atomic mass is 9.92. The maximum Gasteiger partial charge on any atom is 0.338 e. The van der Waals surface area contributed by atoms with Crippen molar-refractivity contribution in [2.75, 3.05) is 0 Å². The van der Waals surface area contributed by atoms with Crippen LogP contribution in [0.15, 0.2) is 24.3 Å². The van der Waals surface area contributed by atoms with E-state index in [9.17, 15) is 9.90 Å². The number of halogens is 3. The van der Waals surface area contributed by atoms with Crippen LogP contribution in [0.2, 0.25) is 0 Å². The molecule has 0 amide bonds. The van der Waals surface area contributed by atoms with Gasteiger partial charge in [0.05, 0.1) is 17.0 Å². The summed E-state index contributed by atoms with van der Waals surface area (Å²) < 4.78 is 0. The summed E-state index contributed by atoms with van der Waals surface area (Å²) in [4.78, 5) is 15.9. The van der Waals surface area contributed by atoms with Gasteiger partial charge in [-0.05, 0) is 25.0 Å². The standard InChI is InChI=1S/C16H19N3O2.3ClH/c1-9-3-5-11(6-4-9)15-12(7-17)13(8-18)19-10(2)14(15)16(20)21;;;/h3-6H,7-8,17-18H2,1-2H3,(H,20,21);3*1H. The molecule has 2 rings (SSSR count). The van der Waals surface area contributed by atoms with Gasteiger partial charge in [-0.3, -0.25) is 4.98 Å². The molecule has 1 aromatic carbocycles. The summed E-state index contributed by atoms with van der Waals surface area (Å²) in [7, 11) is 0. The van der Waals surface area contributed by atoms with Crippen LogP contribution >= 0.6 is 37.2 Å². The van der Waals surface area contributed by atoms with Crippen LogP contribution in [0.1, 0.15) is 32.9 Å². The minimum atomic E-state index is -1.01. The second-order valence-electron chi connectivity index (χ2n) is 4.95. The first-order chi connectivity index (χ1) is 9.99. The Hall–Kier alpha value is -1.37. The average molecular weight is 395 g/mol. The second-order valence-corrected chi connectivity index (χ2v) is 4.95. The maximum absolute atomic E-state index is 11.6. The van der Waals surface area contributed by atoms with Crippen molar-refractivity contribution in [1.82, 2.24) is 4.98 Å². The molecule has 0 saturated carbocycles. The summed E-state index contributed by atoms with van der Waals surface area (Å²) in [5.41, 5.74) is 16.1. The molecular weight excluding hydrogens is 373 g/mol. The summed E-state index contributed by atoms with van der Waals surface area (Å²) in [6.45, 7) is 4.09. The Morgan fingerprint density at radius 2 is 1.58 bits per heavy atom. The number of hydrogen-bond donors (Lipinski definition) is 3. The lowest BCUT2D eigenvalue weighted by Gasteiger charge is -2.17. The fraction of sp³-hybridized carbons (Fsp3) is 0.250. The highest BCUT2D eigenvalue weighted by atomic mass is 35.5. The molecule has 0 aliphatic carbocycles. The molecule has 8 heteroatoms. The highest BCUT2D eigenvalue weighted by molar-refractivity contribution is 5.98. The SMILES string of the molecule is Cc1ccc(-c2c(CN)c(CN)nc(C)c2C(=O)O)cc1.Cl.Cl.Cl. The smallest absolute Gasteiger partial charge is 0.338 e. The molecule has 24 heavy (non-hydrogen) atoms. The molecule has 2 aromatic rings. The van der Waals surface area contributed by atoms with Crippen molar-refractivity contribution in [3.05, 3.63) is 52.3 Å². The van der Waals surface area contributed by atoms with Gasteiger partial charge >= 0.3 is 5.97 Å². The van der Waals surface area contributed by atoms with E-state index in [0.717, 1.165) is 11.1 Å². The number of pyridine rings is 1. The van der Waals surface area contributed by atoms with E-state index in [2.05, 4.69) is 4.98 Å². The Morgan fingerprint density at radius 3 is 2.00 bits per heavy atom.